The normalized spacial score (nSPS) is 18.9. The van der Waals surface area contributed by atoms with Crippen LogP contribution in [0.3, 0.4) is 0 Å². The monoisotopic (exact) mass is 255 g/mol. The third-order valence-electron chi connectivity index (χ3n) is 2.85. The van der Waals surface area contributed by atoms with Crippen LogP contribution in [-0.4, -0.2) is 46.6 Å². The number of hydrogen-bond donors (Lipinski definition) is 1. The number of hydrogen-bond acceptors (Lipinski definition) is 5. The van der Waals surface area contributed by atoms with Crippen molar-refractivity contribution >= 4 is 23.6 Å². The van der Waals surface area contributed by atoms with Crippen LogP contribution in [0, 0.1) is 6.92 Å². The van der Waals surface area contributed by atoms with Gasteiger partial charge in [-0.05, 0) is 13.8 Å². The molecule has 0 aliphatic carbocycles. The van der Waals surface area contributed by atoms with Gasteiger partial charge in [0.15, 0.2) is 0 Å². The van der Waals surface area contributed by atoms with Crippen LogP contribution in [0.4, 0.5) is 5.88 Å². The summed E-state index contributed by atoms with van der Waals surface area (Å²) in [7, 11) is 0. The molecule has 1 N–H and O–H groups in total. The third kappa shape index (κ3) is 3.23. The second kappa shape index (κ2) is 5.55. The highest BCUT2D eigenvalue weighted by atomic mass is 32.2. The zero-order valence-corrected chi connectivity index (χ0v) is 10.9. The van der Waals surface area contributed by atoms with Crippen LogP contribution in [0.15, 0.2) is 10.6 Å². The van der Waals surface area contributed by atoms with Crippen molar-refractivity contribution < 1.29 is 9.32 Å². The van der Waals surface area contributed by atoms with Gasteiger partial charge in [-0.1, -0.05) is 5.16 Å². The maximum atomic E-state index is 12.0. The van der Waals surface area contributed by atoms with E-state index in [1.807, 2.05) is 25.6 Å². The zero-order chi connectivity index (χ0) is 12.3. The fourth-order valence-corrected chi connectivity index (χ4v) is 2.71. The fraction of sp³-hybridized carbons (Fsp3) is 0.636. The summed E-state index contributed by atoms with van der Waals surface area (Å²) in [5.74, 6) is 2.58. The Bertz CT molecular complexity index is 388. The van der Waals surface area contributed by atoms with Gasteiger partial charge in [0, 0.05) is 30.7 Å². The Labute approximate surface area is 105 Å². The van der Waals surface area contributed by atoms with Crippen molar-refractivity contribution in [1.29, 1.82) is 0 Å². The van der Waals surface area contributed by atoms with Gasteiger partial charge in [-0.15, -0.1) is 0 Å². The van der Waals surface area contributed by atoms with Crippen LogP contribution in [0.25, 0.3) is 0 Å². The first-order valence-electron chi connectivity index (χ1n) is 5.73. The first-order chi connectivity index (χ1) is 8.16. The molecule has 0 unspecified atom stereocenters. The standard InChI is InChI=1S/C11H17N3O2S/c1-8-7-10(16-13-8)12-11(15)9(2)14-3-5-17-6-4-14/h7,9H,3-6H2,1-2H3,(H,12,15)/t9-/m0/s1. The largest absolute Gasteiger partial charge is 0.338 e. The molecular formula is C11H17N3O2S. The summed E-state index contributed by atoms with van der Waals surface area (Å²) in [6.45, 7) is 5.68. The lowest BCUT2D eigenvalue weighted by Gasteiger charge is -2.30. The predicted octanol–water partition coefficient (Wildman–Crippen LogP) is 1.36. The number of carbonyl (C=O) groups excluding carboxylic acids is 1. The van der Waals surface area contributed by atoms with E-state index in [0.29, 0.717) is 5.88 Å². The van der Waals surface area contributed by atoms with Crippen LogP contribution in [-0.2, 0) is 4.79 Å². The SMILES string of the molecule is Cc1cc(NC(=O)[C@H](C)N2CCSCC2)on1. The predicted molar refractivity (Wildman–Crippen MR) is 68.2 cm³/mol. The van der Waals surface area contributed by atoms with E-state index in [4.69, 9.17) is 4.52 Å². The van der Waals surface area contributed by atoms with E-state index in [1.165, 1.54) is 0 Å². The van der Waals surface area contributed by atoms with E-state index >= 15 is 0 Å². The molecule has 1 aliphatic heterocycles. The minimum Gasteiger partial charge on any atom is -0.338 e. The van der Waals surface area contributed by atoms with Crippen molar-refractivity contribution in [2.75, 3.05) is 29.9 Å². The van der Waals surface area contributed by atoms with Crippen LogP contribution < -0.4 is 5.32 Å². The highest BCUT2D eigenvalue weighted by molar-refractivity contribution is 7.99. The molecule has 0 spiro atoms. The summed E-state index contributed by atoms with van der Waals surface area (Å²) in [4.78, 5) is 14.2. The average molecular weight is 255 g/mol. The Morgan fingerprint density at radius 3 is 2.88 bits per heavy atom. The Morgan fingerprint density at radius 2 is 2.29 bits per heavy atom. The number of carbonyl (C=O) groups is 1. The molecule has 0 aromatic carbocycles. The Balaban J connectivity index is 1.90. The second-order valence-corrected chi connectivity index (χ2v) is 5.37. The van der Waals surface area contributed by atoms with Gasteiger partial charge in [-0.2, -0.15) is 11.8 Å². The number of amides is 1. The smallest absolute Gasteiger partial charge is 0.243 e. The van der Waals surface area contributed by atoms with E-state index in [2.05, 4.69) is 15.4 Å². The minimum absolute atomic E-state index is 0.0342. The molecule has 1 aromatic rings. The molecule has 0 radical (unpaired) electrons. The molecule has 6 heteroatoms. The average Bonchev–Trinajstić information content (AvgIpc) is 2.75. The highest BCUT2D eigenvalue weighted by Gasteiger charge is 2.23. The summed E-state index contributed by atoms with van der Waals surface area (Å²) in [6.07, 6.45) is 0. The molecular weight excluding hydrogens is 238 g/mol. The van der Waals surface area contributed by atoms with Gasteiger partial charge >= 0.3 is 0 Å². The maximum Gasteiger partial charge on any atom is 0.243 e. The van der Waals surface area contributed by atoms with Gasteiger partial charge in [0.25, 0.3) is 0 Å². The highest BCUT2D eigenvalue weighted by Crippen LogP contribution is 2.14. The van der Waals surface area contributed by atoms with Crippen LogP contribution >= 0.6 is 11.8 Å². The van der Waals surface area contributed by atoms with E-state index in [1.54, 1.807) is 6.07 Å². The van der Waals surface area contributed by atoms with Crippen molar-refractivity contribution in [2.24, 2.45) is 0 Å². The van der Waals surface area contributed by atoms with Crippen molar-refractivity contribution in [2.45, 2.75) is 19.9 Å². The molecule has 0 bridgehead atoms. The van der Waals surface area contributed by atoms with Crippen LogP contribution in [0.5, 0.6) is 0 Å². The van der Waals surface area contributed by atoms with Gasteiger partial charge < -0.3 is 4.52 Å². The number of aryl methyl sites for hydroxylation is 1. The molecule has 1 amide bonds. The summed E-state index contributed by atoms with van der Waals surface area (Å²) >= 11 is 1.93. The van der Waals surface area contributed by atoms with Gasteiger partial charge in [-0.25, -0.2) is 0 Å². The van der Waals surface area contributed by atoms with Crippen molar-refractivity contribution in [3.63, 3.8) is 0 Å². The van der Waals surface area contributed by atoms with E-state index in [0.717, 1.165) is 30.3 Å². The molecule has 2 heterocycles. The summed E-state index contributed by atoms with van der Waals surface area (Å²) in [5, 5.41) is 6.48. The zero-order valence-electron chi connectivity index (χ0n) is 10.1. The molecule has 1 saturated heterocycles. The van der Waals surface area contributed by atoms with E-state index in [9.17, 15) is 4.79 Å². The molecule has 0 saturated carbocycles. The number of thioether (sulfide) groups is 1. The Morgan fingerprint density at radius 1 is 1.59 bits per heavy atom. The number of nitrogens with one attached hydrogen (secondary N) is 1. The minimum atomic E-state index is -0.124. The lowest BCUT2D eigenvalue weighted by Crippen LogP contribution is -2.45. The van der Waals surface area contributed by atoms with E-state index < -0.39 is 0 Å². The molecule has 17 heavy (non-hydrogen) atoms. The summed E-state index contributed by atoms with van der Waals surface area (Å²) in [6, 6.07) is 1.60. The molecule has 1 atom stereocenters. The quantitative estimate of drug-likeness (QED) is 0.883. The van der Waals surface area contributed by atoms with Gasteiger partial charge in [0.2, 0.25) is 11.8 Å². The molecule has 5 nitrogen and oxygen atoms in total. The van der Waals surface area contributed by atoms with Crippen molar-refractivity contribution in [1.82, 2.24) is 10.1 Å². The Kier molecular flexibility index (Phi) is 4.06. The Hall–Kier alpha value is -1.01. The number of rotatable bonds is 3. The van der Waals surface area contributed by atoms with Gasteiger partial charge in [0.1, 0.15) is 0 Å². The van der Waals surface area contributed by atoms with E-state index in [-0.39, 0.29) is 11.9 Å². The summed E-state index contributed by atoms with van der Waals surface area (Å²) in [5.41, 5.74) is 0.766. The number of aromatic nitrogens is 1. The van der Waals surface area contributed by atoms with Crippen LogP contribution in [0.1, 0.15) is 12.6 Å². The molecule has 94 valence electrons. The van der Waals surface area contributed by atoms with Gasteiger partial charge in [0.05, 0.1) is 11.7 Å². The molecule has 1 aromatic heterocycles. The number of nitrogens with zero attached hydrogens (tertiary/aromatic N) is 2. The maximum absolute atomic E-state index is 12.0. The number of anilines is 1. The van der Waals surface area contributed by atoms with Gasteiger partial charge in [-0.3, -0.25) is 15.0 Å². The second-order valence-electron chi connectivity index (χ2n) is 4.15. The lowest BCUT2D eigenvalue weighted by molar-refractivity contribution is -0.120. The third-order valence-corrected chi connectivity index (χ3v) is 3.79. The topological polar surface area (TPSA) is 58.4 Å². The first-order valence-corrected chi connectivity index (χ1v) is 6.88. The van der Waals surface area contributed by atoms with Crippen molar-refractivity contribution in [3.8, 4) is 0 Å². The fourth-order valence-electron chi connectivity index (χ4n) is 1.78. The molecule has 2 rings (SSSR count). The molecule has 1 fully saturated rings. The summed E-state index contributed by atoms with van der Waals surface area (Å²) < 4.78 is 4.97. The first kappa shape index (κ1) is 12.4. The van der Waals surface area contributed by atoms with Crippen molar-refractivity contribution in [3.05, 3.63) is 11.8 Å². The lowest BCUT2D eigenvalue weighted by atomic mass is 10.2. The van der Waals surface area contributed by atoms with Crippen LogP contribution in [0.2, 0.25) is 0 Å². The molecule has 1 aliphatic rings.